The third-order valence-corrected chi connectivity index (χ3v) is 7.46. The van der Waals surface area contributed by atoms with Crippen LogP contribution in [0.15, 0.2) is 78.9 Å². The van der Waals surface area contributed by atoms with Gasteiger partial charge in [-0.3, -0.25) is 14.4 Å². The van der Waals surface area contributed by atoms with Crippen LogP contribution < -0.4 is 19.7 Å². The van der Waals surface area contributed by atoms with Gasteiger partial charge < -0.3 is 29.5 Å². The van der Waals surface area contributed by atoms with Gasteiger partial charge in [-0.05, 0) is 55.3 Å². The van der Waals surface area contributed by atoms with Crippen LogP contribution in [0.2, 0.25) is 0 Å². The number of ether oxygens (including phenoxy) is 2. The first kappa shape index (κ1) is 26.1. The summed E-state index contributed by atoms with van der Waals surface area (Å²) >= 11 is 0. The third-order valence-electron chi connectivity index (χ3n) is 7.46. The SMILES string of the molecule is COc1cccc(NC(=O)CN2CN(c3ccccc3)C3(CCN(C(=O)c4cccc(OC)c4)CC3)C2=O)c1. The quantitative estimate of drug-likeness (QED) is 0.504. The summed E-state index contributed by atoms with van der Waals surface area (Å²) in [5.41, 5.74) is 1.24. The third kappa shape index (κ3) is 5.25. The van der Waals surface area contributed by atoms with Gasteiger partial charge in [0, 0.05) is 36.1 Å². The molecule has 0 saturated carbocycles. The molecule has 2 fully saturated rings. The lowest BCUT2D eigenvalue weighted by Crippen LogP contribution is -2.57. The zero-order valence-corrected chi connectivity index (χ0v) is 22.1. The highest BCUT2D eigenvalue weighted by Crippen LogP contribution is 2.39. The summed E-state index contributed by atoms with van der Waals surface area (Å²) < 4.78 is 10.5. The van der Waals surface area contributed by atoms with Crippen LogP contribution in [-0.2, 0) is 9.59 Å². The van der Waals surface area contributed by atoms with Gasteiger partial charge in [0.25, 0.3) is 11.8 Å². The number of nitrogens with zero attached hydrogens (tertiary/aromatic N) is 3. The van der Waals surface area contributed by atoms with E-state index in [0.717, 1.165) is 5.69 Å². The monoisotopic (exact) mass is 528 g/mol. The van der Waals surface area contributed by atoms with Crippen molar-refractivity contribution in [2.24, 2.45) is 0 Å². The molecule has 1 spiro atoms. The molecule has 2 heterocycles. The average molecular weight is 529 g/mol. The molecule has 202 valence electrons. The Labute approximate surface area is 227 Å². The molecule has 3 aromatic rings. The van der Waals surface area contributed by atoms with Crippen molar-refractivity contribution in [3.05, 3.63) is 84.4 Å². The standard InChI is InChI=1S/C30H32N4O5/c1-38-25-12-6-8-22(18-25)28(36)32-16-14-30(15-17-32)29(37)33(21-34(30)24-10-4-3-5-11-24)20-27(35)31-23-9-7-13-26(19-23)39-2/h3-13,18-19H,14-17,20-21H2,1-2H3,(H,31,35). The largest absolute Gasteiger partial charge is 0.497 e. The summed E-state index contributed by atoms with van der Waals surface area (Å²) in [4.78, 5) is 45.6. The lowest BCUT2D eigenvalue weighted by atomic mass is 9.85. The van der Waals surface area contributed by atoms with E-state index in [4.69, 9.17) is 9.47 Å². The molecule has 1 N–H and O–H groups in total. The van der Waals surface area contributed by atoms with Crippen molar-refractivity contribution >= 4 is 29.1 Å². The maximum absolute atomic E-state index is 13.9. The molecule has 3 aromatic carbocycles. The van der Waals surface area contributed by atoms with Crippen LogP contribution >= 0.6 is 0 Å². The maximum Gasteiger partial charge on any atom is 0.253 e. The second kappa shape index (κ2) is 11.1. The van der Waals surface area contributed by atoms with Crippen LogP contribution in [0.25, 0.3) is 0 Å². The number of carbonyl (C=O) groups excluding carboxylic acids is 3. The fraction of sp³-hybridized carbons (Fsp3) is 0.300. The van der Waals surface area contributed by atoms with Crippen LogP contribution in [0.1, 0.15) is 23.2 Å². The minimum atomic E-state index is -0.831. The summed E-state index contributed by atoms with van der Waals surface area (Å²) in [6.45, 7) is 1.07. The smallest absolute Gasteiger partial charge is 0.253 e. The summed E-state index contributed by atoms with van der Waals surface area (Å²) in [6, 6.07) is 24.0. The Bertz CT molecular complexity index is 1350. The van der Waals surface area contributed by atoms with E-state index in [0.29, 0.717) is 48.7 Å². The number of rotatable bonds is 7. The Hall–Kier alpha value is -4.53. The van der Waals surface area contributed by atoms with Crippen molar-refractivity contribution in [2.45, 2.75) is 18.4 Å². The molecule has 3 amide bonds. The molecule has 0 atom stereocenters. The maximum atomic E-state index is 13.9. The van der Waals surface area contributed by atoms with E-state index in [-0.39, 0.29) is 30.9 Å². The van der Waals surface area contributed by atoms with Crippen LogP contribution in [0.3, 0.4) is 0 Å². The number of hydrogen-bond donors (Lipinski definition) is 1. The first-order valence-corrected chi connectivity index (χ1v) is 12.9. The molecule has 0 unspecified atom stereocenters. The molecular weight excluding hydrogens is 496 g/mol. The number of carbonyl (C=O) groups is 3. The van der Waals surface area contributed by atoms with E-state index in [9.17, 15) is 14.4 Å². The summed E-state index contributed by atoms with van der Waals surface area (Å²) in [7, 11) is 3.14. The number of anilines is 2. The topological polar surface area (TPSA) is 91.4 Å². The van der Waals surface area contributed by atoms with Gasteiger partial charge in [-0.25, -0.2) is 0 Å². The lowest BCUT2D eigenvalue weighted by molar-refractivity contribution is -0.136. The number of hydrogen-bond acceptors (Lipinski definition) is 6. The number of benzene rings is 3. The minimum Gasteiger partial charge on any atom is -0.497 e. The number of para-hydroxylation sites is 1. The number of likely N-dealkylation sites (tertiary alicyclic amines) is 1. The summed E-state index contributed by atoms with van der Waals surface area (Å²) in [5.74, 6) is 0.788. The van der Waals surface area contributed by atoms with Gasteiger partial charge in [0.05, 0.1) is 20.9 Å². The Morgan fingerprint density at radius 3 is 2.23 bits per heavy atom. The fourth-order valence-electron chi connectivity index (χ4n) is 5.42. The number of methoxy groups -OCH3 is 2. The van der Waals surface area contributed by atoms with Crippen molar-refractivity contribution in [3.8, 4) is 11.5 Å². The molecule has 9 heteroatoms. The number of piperidine rings is 1. The van der Waals surface area contributed by atoms with E-state index in [1.807, 2.05) is 30.3 Å². The van der Waals surface area contributed by atoms with Crippen molar-refractivity contribution in [1.29, 1.82) is 0 Å². The lowest BCUT2D eigenvalue weighted by Gasteiger charge is -2.43. The predicted octanol–water partition coefficient (Wildman–Crippen LogP) is 3.62. The molecular formula is C30H32N4O5. The summed E-state index contributed by atoms with van der Waals surface area (Å²) in [6.07, 6.45) is 0.925. The molecule has 9 nitrogen and oxygen atoms in total. The van der Waals surface area contributed by atoms with Crippen molar-refractivity contribution in [2.75, 3.05) is 50.7 Å². The van der Waals surface area contributed by atoms with E-state index < -0.39 is 5.54 Å². The van der Waals surface area contributed by atoms with E-state index in [1.54, 1.807) is 72.6 Å². The predicted molar refractivity (Wildman–Crippen MR) is 148 cm³/mol. The molecule has 2 aliphatic heterocycles. The molecule has 0 aliphatic carbocycles. The van der Waals surface area contributed by atoms with Gasteiger partial charge in [-0.15, -0.1) is 0 Å². The zero-order valence-electron chi connectivity index (χ0n) is 22.1. The fourth-order valence-corrected chi connectivity index (χ4v) is 5.42. The molecule has 2 aliphatic rings. The molecule has 0 aromatic heterocycles. The zero-order chi connectivity index (χ0) is 27.4. The van der Waals surface area contributed by atoms with E-state index in [2.05, 4.69) is 10.2 Å². The van der Waals surface area contributed by atoms with Gasteiger partial charge >= 0.3 is 0 Å². The molecule has 0 bridgehead atoms. The second-order valence-electron chi connectivity index (χ2n) is 9.74. The Morgan fingerprint density at radius 1 is 0.872 bits per heavy atom. The Kier molecular flexibility index (Phi) is 7.40. The molecule has 39 heavy (non-hydrogen) atoms. The highest BCUT2D eigenvalue weighted by Gasteiger charge is 2.54. The van der Waals surface area contributed by atoms with E-state index >= 15 is 0 Å². The highest BCUT2D eigenvalue weighted by molar-refractivity contribution is 6.00. The van der Waals surface area contributed by atoms with Crippen molar-refractivity contribution < 1.29 is 23.9 Å². The average Bonchev–Trinajstić information content (AvgIpc) is 3.23. The van der Waals surface area contributed by atoms with Gasteiger partial charge in [0.2, 0.25) is 5.91 Å². The highest BCUT2D eigenvalue weighted by atomic mass is 16.5. The van der Waals surface area contributed by atoms with Crippen LogP contribution in [0, 0.1) is 0 Å². The summed E-state index contributed by atoms with van der Waals surface area (Å²) in [5, 5.41) is 2.87. The molecule has 0 radical (unpaired) electrons. The Balaban J connectivity index is 1.33. The number of amides is 3. The van der Waals surface area contributed by atoms with E-state index in [1.165, 1.54) is 0 Å². The van der Waals surface area contributed by atoms with Crippen LogP contribution in [0.5, 0.6) is 11.5 Å². The van der Waals surface area contributed by atoms with Crippen LogP contribution in [-0.4, -0.2) is 73.6 Å². The van der Waals surface area contributed by atoms with Gasteiger partial charge in [0.1, 0.15) is 23.6 Å². The van der Waals surface area contributed by atoms with Gasteiger partial charge in [-0.1, -0.05) is 30.3 Å². The second-order valence-corrected chi connectivity index (χ2v) is 9.74. The molecule has 2 saturated heterocycles. The van der Waals surface area contributed by atoms with Crippen molar-refractivity contribution in [1.82, 2.24) is 9.80 Å². The Morgan fingerprint density at radius 2 is 1.54 bits per heavy atom. The van der Waals surface area contributed by atoms with Gasteiger partial charge in [-0.2, -0.15) is 0 Å². The van der Waals surface area contributed by atoms with Crippen molar-refractivity contribution in [3.63, 3.8) is 0 Å². The van der Waals surface area contributed by atoms with Gasteiger partial charge in [0.15, 0.2) is 0 Å². The minimum absolute atomic E-state index is 0.0758. The normalized spacial score (nSPS) is 16.4. The number of nitrogens with one attached hydrogen (secondary N) is 1. The first-order valence-electron chi connectivity index (χ1n) is 12.9. The van der Waals surface area contributed by atoms with Crippen LogP contribution in [0.4, 0.5) is 11.4 Å². The first-order chi connectivity index (χ1) is 18.9. The molecule has 5 rings (SSSR count).